The Bertz CT molecular complexity index is 596. The molecule has 0 aromatic heterocycles. The Hall–Kier alpha value is -2.49. The zero-order valence-electron chi connectivity index (χ0n) is 11.2. The van der Waals surface area contributed by atoms with Crippen LogP contribution in [0.5, 0.6) is 0 Å². The smallest absolute Gasteiger partial charge is 0.303 e. The van der Waals surface area contributed by atoms with Crippen molar-refractivity contribution < 1.29 is 18.7 Å². The van der Waals surface area contributed by atoms with E-state index < -0.39 is 5.97 Å². The van der Waals surface area contributed by atoms with Gasteiger partial charge in [0.2, 0.25) is 0 Å². The highest BCUT2D eigenvalue weighted by atomic mass is 19.1. The van der Waals surface area contributed by atoms with Gasteiger partial charge in [0.05, 0.1) is 0 Å². The van der Waals surface area contributed by atoms with Gasteiger partial charge in [0, 0.05) is 6.42 Å². The van der Waals surface area contributed by atoms with E-state index in [1.54, 1.807) is 30.3 Å². The fourth-order valence-corrected chi connectivity index (χ4v) is 2.00. The molecule has 0 unspecified atom stereocenters. The number of allylic oxidation sites excluding steroid dienone is 1. The van der Waals surface area contributed by atoms with Crippen LogP contribution in [-0.4, -0.2) is 11.1 Å². The molecule has 0 amide bonds. The number of hydrogen-bond donors (Lipinski definition) is 1. The Kier molecular flexibility index (Phi) is 4.82. The zero-order valence-corrected chi connectivity index (χ0v) is 11.2. The lowest BCUT2D eigenvalue weighted by molar-refractivity contribution is -0.136. The monoisotopic (exact) mass is 288 g/mol. The van der Waals surface area contributed by atoms with E-state index in [2.05, 4.69) is 0 Å². The molecule has 0 aliphatic heterocycles. The summed E-state index contributed by atoms with van der Waals surface area (Å²) in [7, 11) is 0. The summed E-state index contributed by atoms with van der Waals surface area (Å²) in [5.41, 5.74) is 2.28. The van der Waals surface area contributed by atoms with Crippen LogP contribution in [0.15, 0.2) is 54.6 Å². The summed E-state index contributed by atoms with van der Waals surface area (Å²) in [6, 6.07) is 11.8. The average molecular weight is 288 g/mol. The number of rotatable bonds is 5. The number of halogens is 2. The molecule has 21 heavy (non-hydrogen) atoms. The van der Waals surface area contributed by atoms with E-state index in [9.17, 15) is 13.6 Å². The van der Waals surface area contributed by atoms with Crippen LogP contribution in [0, 0.1) is 11.6 Å². The predicted octanol–water partition coefficient (Wildman–Crippen LogP) is 4.26. The minimum atomic E-state index is -0.885. The lowest BCUT2D eigenvalue weighted by Gasteiger charge is -2.09. The summed E-state index contributed by atoms with van der Waals surface area (Å²) >= 11 is 0. The van der Waals surface area contributed by atoms with Crippen LogP contribution in [0.3, 0.4) is 0 Å². The van der Waals surface area contributed by atoms with Crippen molar-refractivity contribution in [1.82, 2.24) is 0 Å². The highest BCUT2D eigenvalue weighted by Gasteiger charge is 2.06. The maximum atomic E-state index is 13.0. The number of hydrogen-bond acceptors (Lipinski definition) is 1. The first-order chi connectivity index (χ1) is 10.1. The van der Waals surface area contributed by atoms with E-state index in [-0.39, 0.29) is 18.1 Å². The quantitative estimate of drug-likeness (QED) is 0.892. The van der Waals surface area contributed by atoms with E-state index in [0.717, 1.165) is 16.7 Å². The van der Waals surface area contributed by atoms with Gasteiger partial charge in [-0.1, -0.05) is 30.3 Å². The molecule has 0 heterocycles. The molecule has 2 aromatic rings. The SMILES string of the molecule is O=C(O)CCC=C(c1ccc(F)cc1)c1ccc(F)cc1. The Morgan fingerprint density at radius 3 is 1.71 bits per heavy atom. The Morgan fingerprint density at radius 1 is 0.905 bits per heavy atom. The number of carboxylic acid groups (broad SMARTS) is 1. The van der Waals surface area contributed by atoms with Gasteiger partial charge in [-0.05, 0) is 47.4 Å². The summed E-state index contributed by atoms with van der Waals surface area (Å²) in [5.74, 6) is -1.57. The minimum Gasteiger partial charge on any atom is -0.481 e. The highest BCUT2D eigenvalue weighted by Crippen LogP contribution is 2.25. The summed E-state index contributed by atoms with van der Waals surface area (Å²) < 4.78 is 26.0. The van der Waals surface area contributed by atoms with Crippen LogP contribution in [0.25, 0.3) is 5.57 Å². The molecule has 0 saturated heterocycles. The Morgan fingerprint density at radius 2 is 1.33 bits per heavy atom. The molecule has 0 atom stereocenters. The first kappa shape index (κ1) is 14.9. The van der Waals surface area contributed by atoms with Crippen LogP contribution in [0.2, 0.25) is 0 Å². The van der Waals surface area contributed by atoms with Crippen molar-refractivity contribution in [3.63, 3.8) is 0 Å². The van der Waals surface area contributed by atoms with Gasteiger partial charge in [0.25, 0.3) is 0 Å². The van der Waals surface area contributed by atoms with Crippen LogP contribution < -0.4 is 0 Å². The van der Waals surface area contributed by atoms with Crippen molar-refractivity contribution in [2.45, 2.75) is 12.8 Å². The fraction of sp³-hybridized carbons (Fsp3) is 0.118. The lowest BCUT2D eigenvalue weighted by atomic mass is 9.96. The molecule has 0 aliphatic carbocycles. The Balaban J connectivity index is 2.36. The molecule has 108 valence electrons. The molecule has 4 heteroatoms. The first-order valence-corrected chi connectivity index (χ1v) is 6.50. The molecule has 0 radical (unpaired) electrons. The van der Waals surface area contributed by atoms with E-state index in [1.807, 2.05) is 0 Å². The van der Waals surface area contributed by atoms with E-state index in [0.29, 0.717) is 6.42 Å². The first-order valence-electron chi connectivity index (χ1n) is 6.50. The maximum Gasteiger partial charge on any atom is 0.303 e. The molecule has 0 spiro atoms. The third-order valence-electron chi connectivity index (χ3n) is 3.02. The summed E-state index contributed by atoms with van der Waals surface area (Å²) in [6.07, 6.45) is 2.12. The number of aliphatic carboxylic acids is 1. The van der Waals surface area contributed by atoms with Crippen LogP contribution in [0.1, 0.15) is 24.0 Å². The average Bonchev–Trinajstić information content (AvgIpc) is 2.46. The van der Waals surface area contributed by atoms with Gasteiger partial charge in [0.1, 0.15) is 11.6 Å². The van der Waals surface area contributed by atoms with Crippen molar-refractivity contribution in [2.24, 2.45) is 0 Å². The van der Waals surface area contributed by atoms with Gasteiger partial charge in [-0.2, -0.15) is 0 Å². The van der Waals surface area contributed by atoms with E-state index in [4.69, 9.17) is 5.11 Å². The Labute approximate surface area is 121 Å². The predicted molar refractivity (Wildman–Crippen MR) is 76.7 cm³/mol. The van der Waals surface area contributed by atoms with Crippen molar-refractivity contribution in [3.05, 3.63) is 77.4 Å². The zero-order chi connectivity index (χ0) is 15.2. The molecular weight excluding hydrogens is 274 g/mol. The van der Waals surface area contributed by atoms with Crippen LogP contribution in [-0.2, 0) is 4.79 Å². The van der Waals surface area contributed by atoms with Crippen LogP contribution >= 0.6 is 0 Å². The van der Waals surface area contributed by atoms with Crippen molar-refractivity contribution in [1.29, 1.82) is 0 Å². The second-order valence-electron chi connectivity index (χ2n) is 4.56. The molecule has 0 saturated carbocycles. The standard InChI is InChI=1S/C17H14F2O2/c18-14-8-4-12(5-9-14)16(2-1-3-17(20)21)13-6-10-15(19)11-7-13/h2,4-11H,1,3H2,(H,20,21). The molecule has 1 N–H and O–H groups in total. The molecular formula is C17H14F2O2. The van der Waals surface area contributed by atoms with E-state index >= 15 is 0 Å². The van der Waals surface area contributed by atoms with Gasteiger partial charge in [-0.3, -0.25) is 4.79 Å². The lowest BCUT2D eigenvalue weighted by Crippen LogP contribution is -1.94. The number of carbonyl (C=O) groups is 1. The number of benzene rings is 2. The maximum absolute atomic E-state index is 13.0. The fourth-order valence-electron chi connectivity index (χ4n) is 2.00. The van der Waals surface area contributed by atoms with Crippen molar-refractivity contribution >= 4 is 11.5 Å². The largest absolute Gasteiger partial charge is 0.481 e. The van der Waals surface area contributed by atoms with Crippen molar-refractivity contribution in [2.75, 3.05) is 0 Å². The highest BCUT2D eigenvalue weighted by molar-refractivity contribution is 5.80. The van der Waals surface area contributed by atoms with Gasteiger partial charge in [-0.25, -0.2) is 8.78 Å². The molecule has 0 fully saturated rings. The molecule has 2 aromatic carbocycles. The van der Waals surface area contributed by atoms with E-state index in [1.165, 1.54) is 24.3 Å². The molecule has 0 aliphatic rings. The van der Waals surface area contributed by atoms with Gasteiger partial charge in [-0.15, -0.1) is 0 Å². The van der Waals surface area contributed by atoms with Crippen LogP contribution in [0.4, 0.5) is 8.78 Å². The summed E-state index contributed by atoms with van der Waals surface area (Å²) in [5, 5.41) is 8.71. The minimum absolute atomic E-state index is 0.00584. The topological polar surface area (TPSA) is 37.3 Å². The normalized spacial score (nSPS) is 10.2. The van der Waals surface area contributed by atoms with Gasteiger partial charge in [0.15, 0.2) is 0 Å². The molecule has 2 nitrogen and oxygen atoms in total. The van der Waals surface area contributed by atoms with Gasteiger partial charge < -0.3 is 5.11 Å². The summed E-state index contributed by atoms with van der Waals surface area (Å²) in [6.45, 7) is 0. The van der Waals surface area contributed by atoms with Crippen molar-refractivity contribution in [3.8, 4) is 0 Å². The third-order valence-corrected chi connectivity index (χ3v) is 3.02. The summed E-state index contributed by atoms with van der Waals surface area (Å²) in [4.78, 5) is 10.6. The second kappa shape index (κ2) is 6.79. The molecule has 0 bridgehead atoms. The molecule has 2 rings (SSSR count). The third kappa shape index (κ3) is 4.24. The number of carboxylic acids is 1. The second-order valence-corrected chi connectivity index (χ2v) is 4.56. The van der Waals surface area contributed by atoms with Gasteiger partial charge >= 0.3 is 5.97 Å².